The van der Waals surface area contributed by atoms with Gasteiger partial charge in [-0.05, 0) is 37.3 Å². The molecule has 23 heavy (non-hydrogen) atoms. The number of hydrogen-bond acceptors (Lipinski definition) is 3. The minimum absolute atomic E-state index is 0.0590. The zero-order chi connectivity index (χ0) is 16.4. The summed E-state index contributed by atoms with van der Waals surface area (Å²) in [6, 6.07) is 12.8. The quantitative estimate of drug-likeness (QED) is 0.884. The summed E-state index contributed by atoms with van der Waals surface area (Å²) in [7, 11) is 1.75. The second-order valence-electron chi connectivity index (χ2n) is 5.37. The van der Waals surface area contributed by atoms with Crippen LogP contribution in [0.15, 0.2) is 47.4 Å². The molecule has 0 unspecified atom stereocenters. The largest absolute Gasteiger partial charge is 0.323 e. The second-order valence-corrected chi connectivity index (χ2v) is 6.39. The monoisotopic (exact) mass is 327 g/mol. The minimum atomic E-state index is -0.314. The van der Waals surface area contributed by atoms with E-state index >= 15 is 0 Å². The second kappa shape index (κ2) is 6.34. The van der Waals surface area contributed by atoms with Crippen molar-refractivity contribution in [2.45, 2.75) is 11.8 Å². The van der Waals surface area contributed by atoms with Crippen LogP contribution < -0.4 is 15.5 Å². The van der Waals surface area contributed by atoms with Crippen molar-refractivity contribution < 1.29 is 9.59 Å². The molecular formula is C17H17N3O2S. The fraction of sp³-hybridized carbons (Fsp3) is 0.176. The van der Waals surface area contributed by atoms with Crippen molar-refractivity contribution in [2.75, 3.05) is 28.3 Å². The molecule has 1 heterocycles. The van der Waals surface area contributed by atoms with E-state index in [1.165, 1.54) is 11.8 Å². The zero-order valence-electron chi connectivity index (χ0n) is 12.9. The summed E-state index contributed by atoms with van der Waals surface area (Å²) in [5, 5.41) is 5.58. The van der Waals surface area contributed by atoms with Crippen LogP contribution >= 0.6 is 11.8 Å². The number of amides is 3. The molecule has 3 rings (SSSR count). The number of fused-ring (bicyclic) bond motifs is 1. The van der Waals surface area contributed by atoms with E-state index in [1.54, 1.807) is 11.9 Å². The van der Waals surface area contributed by atoms with E-state index < -0.39 is 0 Å². The molecule has 118 valence electrons. The SMILES string of the molecule is Cc1ccc(NC(=O)Nc2ccc3c(c2)N(C)C(=O)CS3)cc1. The molecular weight excluding hydrogens is 310 g/mol. The van der Waals surface area contributed by atoms with Gasteiger partial charge in [-0.1, -0.05) is 17.7 Å². The number of urea groups is 1. The number of thioether (sulfide) groups is 1. The zero-order valence-corrected chi connectivity index (χ0v) is 13.7. The van der Waals surface area contributed by atoms with Crippen LogP contribution in [0.2, 0.25) is 0 Å². The number of aryl methyl sites for hydroxylation is 1. The Kier molecular flexibility index (Phi) is 4.25. The van der Waals surface area contributed by atoms with Crippen molar-refractivity contribution in [3.63, 3.8) is 0 Å². The lowest BCUT2D eigenvalue weighted by molar-refractivity contribution is -0.116. The number of benzene rings is 2. The minimum Gasteiger partial charge on any atom is -0.314 e. The predicted octanol–water partition coefficient (Wildman–Crippen LogP) is 3.71. The third-order valence-electron chi connectivity index (χ3n) is 3.61. The highest BCUT2D eigenvalue weighted by Gasteiger charge is 2.21. The van der Waals surface area contributed by atoms with E-state index in [1.807, 2.05) is 49.4 Å². The smallest absolute Gasteiger partial charge is 0.314 e. The highest BCUT2D eigenvalue weighted by atomic mass is 32.2. The van der Waals surface area contributed by atoms with Crippen LogP contribution in [0.3, 0.4) is 0 Å². The maximum Gasteiger partial charge on any atom is 0.323 e. The van der Waals surface area contributed by atoms with Gasteiger partial charge in [-0.3, -0.25) is 4.79 Å². The van der Waals surface area contributed by atoms with Gasteiger partial charge < -0.3 is 15.5 Å². The van der Waals surface area contributed by atoms with Crippen molar-refractivity contribution in [2.24, 2.45) is 0 Å². The van der Waals surface area contributed by atoms with E-state index in [4.69, 9.17) is 0 Å². The summed E-state index contributed by atoms with van der Waals surface area (Å²) in [6.07, 6.45) is 0. The summed E-state index contributed by atoms with van der Waals surface area (Å²) in [6.45, 7) is 1.99. The summed E-state index contributed by atoms with van der Waals surface area (Å²) < 4.78 is 0. The molecule has 2 aromatic rings. The maximum atomic E-state index is 12.1. The van der Waals surface area contributed by atoms with Crippen LogP contribution in [-0.2, 0) is 4.79 Å². The topological polar surface area (TPSA) is 61.4 Å². The van der Waals surface area contributed by atoms with Crippen LogP contribution in [0.1, 0.15) is 5.56 Å². The van der Waals surface area contributed by atoms with Gasteiger partial charge in [0.1, 0.15) is 0 Å². The third-order valence-corrected chi connectivity index (χ3v) is 4.66. The first kappa shape index (κ1) is 15.4. The Morgan fingerprint density at radius 1 is 1.09 bits per heavy atom. The Hall–Kier alpha value is -2.47. The molecule has 2 N–H and O–H groups in total. The Bertz CT molecular complexity index is 759. The van der Waals surface area contributed by atoms with Gasteiger partial charge in [0.2, 0.25) is 5.91 Å². The van der Waals surface area contributed by atoms with E-state index in [-0.39, 0.29) is 11.9 Å². The van der Waals surface area contributed by atoms with E-state index in [2.05, 4.69) is 10.6 Å². The van der Waals surface area contributed by atoms with Crippen LogP contribution in [0.4, 0.5) is 21.9 Å². The normalized spacial score (nSPS) is 13.5. The van der Waals surface area contributed by atoms with Gasteiger partial charge in [0.15, 0.2) is 0 Å². The molecule has 6 heteroatoms. The molecule has 0 aliphatic carbocycles. The van der Waals surface area contributed by atoms with Crippen molar-refractivity contribution in [1.29, 1.82) is 0 Å². The van der Waals surface area contributed by atoms with Gasteiger partial charge in [0.05, 0.1) is 11.4 Å². The van der Waals surface area contributed by atoms with Crippen molar-refractivity contribution >= 4 is 40.8 Å². The Balaban J connectivity index is 1.71. The van der Waals surface area contributed by atoms with Gasteiger partial charge in [-0.15, -0.1) is 11.8 Å². The predicted molar refractivity (Wildman–Crippen MR) is 94.4 cm³/mol. The lowest BCUT2D eigenvalue weighted by atomic mass is 10.2. The summed E-state index contributed by atoms with van der Waals surface area (Å²) in [5.41, 5.74) is 3.33. The molecule has 0 spiro atoms. The molecule has 0 radical (unpaired) electrons. The van der Waals surface area contributed by atoms with E-state index in [0.29, 0.717) is 11.4 Å². The number of anilines is 3. The molecule has 3 amide bonds. The number of carbonyl (C=O) groups is 2. The summed E-state index contributed by atoms with van der Waals surface area (Å²) in [4.78, 5) is 26.5. The molecule has 0 saturated carbocycles. The van der Waals surface area contributed by atoms with Crippen LogP contribution in [0.25, 0.3) is 0 Å². The average Bonchev–Trinajstić information content (AvgIpc) is 2.53. The van der Waals surface area contributed by atoms with E-state index in [0.717, 1.165) is 21.8 Å². The third kappa shape index (κ3) is 3.48. The molecule has 0 saturated heterocycles. The van der Waals surface area contributed by atoms with Crippen molar-refractivity contribution in [3.8, 4) is 0 Å². The summed E-state index contributed by atoms with van der Waals surface area (Å²) in [5.74, 6) is 0.508. The lowest BCUT2D eigenvalue weighted by Gasteiger charge is -2.25. The Morgan fingerprint density at radius 3 is 2.48 bits per heavy atom. The molecule has 0 atom stereocenters. The number of nitrogens with zero attached hydrogens (tertiary/aromatic N) is 1. The van der Waals surface area contributed by atoms with Gasteiger partial charge in [0, 0.05) is 23.3 Å². The molecule has 1 aliphatic heterocycles. The number of hydrogen-bond donors (Lipinski definition) is 2. The van der Waals surface area contributed by atoms with Gasteiger partial charge in [-0.25, -0.2) is 4.79 Å². The first-order valence-electron chi connectivity index (χ1n) is 7.21. The van der Waals surface area contributed by atoms with Gasteiger partial charge in [0.25, 0.3) is 0 Å². The number of carbonyl (C=O) groups excluding carboxylic acids is 2. The van der Waals surface area contributed by atoms with Crippen LogP contribution in [0.5, 0.6) is 0 Å². The van der Waals surface area contributed by atoms with Gasteiger partial charge in [-0.2, -0.15) is 0 Å². The maximum absolute atomic E-state index is 12.1. The van der Waals surface area contributed by atoms with Gasteiger partial charge >= 0.3 is 6.03 Å². The molecule has 0 bridgehead atoms. The fourth-order valence-electron chi connectivity index (χ4n) is 2.28. The Morgan fingerprint density at radius 2 is 1.74 bits per heavy atom. The highest BCUT2D eigenvalue weighted by Crippen LogP contribution is 2.36. The fourth-order valence-corrected chi connectivity index (χ4v) is 3.26. The van der Waals surface area contributed by atoms with Crippen LogP contribution in [0, 0.1) is 6.92 Å². The number of rotatable bonds is 2. The van der Waals surface area contributed by atoms with Crippen molar-refractivity contribution in [1.82, 2.24) is 0 Å². The molecule has 5 nitrogen and oxygen atoms in total. The molecule has 0 fully saturated rings. The summed E-state index contributed by atoms with van der Waals surface area (Å²) >= 11 is 1.51. The standard InChI is InChI=1S/C17H17N3O2S/c1-11-3-5-12(6-4-11)18-17(22)19-13-7-8-15-14(9-13)20(2)16(21)10-23-15/h3-9H,10H2,1-2H3,(H2,18,19,22). The number of nitrogens with one attached hydrogen (secondary N) is 2. The molecule has 1 aliphatic rings. The van der Waals surface area contributed by atoms with Crippen LogP contribution in [-0.4, -0.2) is 24.7 Å². The first-order chi connectivity index (χ1) is 11.0. The highest BCUT2D eigenvalue weighted by molar-refractivity contribution is 8.00. The first-order valence-corrected chi connectivity index (χ1v) is 8.19. The van der Waals surface area contributed by atoms with E-state index in [9.17, 15) is 9.59 Å². The molecule has 2 aromatic carbocycles. The molecule has 0 aromatic heterocycles. The van der Waals surface area contributed by atoms with Crippen molar-refractivity contribution in [3.05, 3.63) is 48.0 Å². The Labute approximate surface area is 139 Å². The average molecular weight is 327 g/mol. The lowest BCUT2D eigenvalue weighted by Crippen LogP contribution is -2.31.